The maximum atomic E-state index is 11.8. The van der Waals surface area contributed by atoms with Gasteiger partial charge in [0.25, 0.3) is 0 Å². The molecule has 0 saturated carbocycles. The van der Waals surface area contributed by atoms with Crippen molar-refractivity contribution in [3.05, 3.63) is 0 Å². The van der Waals surface area contributed by atoms with Gasteiger partial charge in [-0.25, -0.2) is 0 Å². The average molecular weight is 325 g/mol. The molecule has 0 amide bonds. The third-order valence-electron chi connectivity index (χ3n) is 3.23. The van der Waals surface area contributed by atoms with Gasteiger partial charge >= 0.3 is 0 Å². The Morgan fingerprint density at radius 2 is 1.25 bits per heavy atom. The fourth-order valence-corrected chi connectivity index (χ4v) is 4.74. The molecule has 1 saturated heterocycles. The number of rotatable bonds is 10. The Labute approximate surface area is 127 Å². The van der Waals surface area contributed by atoms with Crippen LogP contribution in [-0.4, -0.2) is 56.9 Å². The molecule has 0 aromatic heterocycles. The van der Waals surface area contributed by atoms with Crippen LogP contribution in [-0.2, 0) is 31.1 Å². The zero-order chi connectivity index (χ0) is 14.8. The van der Waals surface area contributed by atoms with Gasteiger partial charge in [0.05, 0.1) is 36.9 Å². The van der Waals surface area contributed by atoms with E-state index in [2.05, 4.69) is 13.8 Å². The number of unbranched alkanes of at least 4 members (excludes halogenated alkanes) is 2. The van der Waals surface area contributed by atoms with Crippen LogP contribution in [0.4, 0.5) is 0 Å². The van der Waals surface area contributed by atoms with Crippen LogP contribution >= 0.6 is 0 Å². The Hall–Kier alpha value is 0.220. The molecule has 20 heavy (non-hydrogen) atoms. The predicted molar refractivity (Wildman–Crippen MR) is 85.0 cm³/mol. The first-order chi connectivity index (χ1) is 9.65. The Kier molecular flexibility index (Phi) is 9.94. The van der Waals surface area contributed by atoms with Gasteiger partial charge in [-0.15, -0.1) is 0 Å². The van der Waals surface area contributed by atoms with Crippen molar-refractivity contribution in [3.63, 3.8) is 0 Å². The predicted octanol–water partition coefficient (Wildman–Crippen LogP) is 1.87. The summed E-state index contributed by atoms with van der Waals surface area (Å²) >= 11 is 0. The minimum absolute atomic E-state index is 0.0620. The zero-order valence-corrected chi connectivity index (χ0v) is 14.3. The monoisotopic (exact) mass is 324 g/mol. The van der Waals surface area contributed by atoms with Crippen molar-refractivity contribution in [3.8, 4) is 0 Å². The highest BCUT2D eigenvalue weighted by atomic mass is 32.2. The lowest BCUT2D eigenvalue weighted by Gasteiger charge is -2.29. The molecule has 1 aliphatic rings. The van der Waals surface area contributed by atoms with Crippen LogP contribution in [0.3, 0.4) is 0 Å². The van der Waals surface area contributed by atoms with Gasteiger partial charge in [0.2, 0.25) is 0 Å². The summed E-state index contributed by atoms with van der Waals surface area (Å²) in [6, 6.07) is 0. The Morgan fingerprint density at radius 1 is 0.850 bits per heavy atom. The smallest absolute Gasteiger partial charge is 0.0924 e. The minimum Gasteiger partial charge on any atom is -0.372 e. The molecule has 6 heteroatoms. The normalized spacial score (nSPS) is 26.3. The first kappa shape index (κ1) is 18.3. The summed E-state index contributed by atoms with van der Waals surface area (Å²) in [7, 11) is -1.62. The first-order valence-corrected chi connectivity index (χ1v) is 10.6. The first-order valence-electron chi connectivity index (χ1n) is 7.58. The lowest BCUT2D eigenvalue weighted by molar-refractivity contribution is -0.116. The van der Waals surface area contributed by atoms with Crippen molar-refractivity contribution in [1.82, 2.24) is 0 Å². The molecule has 0 radical (unpaired) electrons. The number of ether oxygens (including phenoxy) is 2. The second kappa shape index (κ2) is 10.9. The zero-order valence-electron chi connectivity index (χ0n) is 12.7. The van der Waals surface area contributed by atoms with Gasteiger partial charge in [0.1, 0.15) is 0 Å². The van der Waals surface area contributed by atoms with Crippen LogP contribution in [0.15, 0.2) is 0 Å². The van der Waals surface area contributed by atoms with E-state index in [9.17, 15) is 8.42 Å². The van der Waals surface area contributed by atoms with Gasteiger partial charge in [-0.1, -0.05) is 26.7 Å². The van der Waals surface area contributed by atoms with E-state index in [-0.39, 0.29) is 12.2 Å². The fourth-order valence-electron chi connectivity index (χ4n) is 1.97. The molecule has 1 heterocycles. The van der Waals surface area contributed by atoms with E-state index in [1.807, 2.05) is 0 Å². The second-order valence-corrected chi connectivity index (χ2v) is 8.48. The molecule has 0 N–H and O–H groups in total. The third-order valence-corrected chi connectivity index (χ3v) is 6.21. The second-order valence-electron chi connectivity index (χ2n) is 5.24. The van der Waals surface area contributed by atoms with Crippen LogP contribution < -0.4 is 0 Å². The summed E-state index contributed by atoms with van der Waals surface area (Å²) in [5, 5.41) is 0. The van der Waals surface area contributed by atoms with Crippen molar-refractivity contribution < 1.29 is 17.9 Å². The van der Waals surface area contributed by atoms with Crippen LogP contribution in [0.2, 0.25) is 0 Å². The summed E-state index contributed by atoms with van der Waals surface area (Å²) < 4.78 is 34.9. The van der Waals surface area contributed by atoms with Gasteiger partial charge < -0.3 is 9.47 Å². The van der Waals surface area contributed by atoms with Crippen LogP contribution in [0, 0.1) is 0 Å². The van der Waals surface area contributed by atoms with E-state index in [0.29, 0.717) is 24.7 Å². The van der Waals surface area contributed by atoms with Crippen molar-refractivity contribution >= 4 is 21.6 Å². The molecule has 1 fully saturated rings. The maximum absolute atomic E-state index is 11.8. The summed E-state index contributed by atoms with van der Waals surface area (Å²) in [4.78, 5) is 0. The Bertz CT molecular complexity index is 272. The van der Waals surface area contributed by atoms with E-state index in [0.717, 1.165) is 37.2 Å². The summed E-state index contributed by atoms with van der Waals surface area (Å²) in [5.74, 6) is 2.62. The Morgan fingerprint density at radius 3 is 1.55 bits per heavy atom. The Balaban J connectivity index is 2.16. The van der Waals surface area contributed by atoms with E-state index >= 15 is 0 Å². The molecular weight excluding hydrogens is 296 g/mol. The van der Waals surface area contributed by atoms with Gasteiger partial charge in [-0.3, -0.25) is 8.42 Å². The van der Waals surface area contributed by atoms with Gasteiger partial charge in [0, 0.05) is 33.1 Å². The van der Waals surface area contributed by atoms with Crippen molar-refractivity contribution in [2.45, 2.75) is 51.7 Å². The molecule has 4 nitrogen and oxygen atoms in total. The van der Waals surface area contributed by atoms with Crippen molar-refractivity contribution in [2.75, 3.05) is 36.2 Å². The lowest BCUT2D eigenvalue weighted by Crippen LogP contribution is -2.41. The van der Waals surface area contributed by atoms with Gasteiger partial charge in [-0.05, 0) is 12.8 Å². The highest BCUT2D eigenvalue weighted by Gasteiger charge is 2.24. The fraction of sp³-hybridized carbons (Fsp3) is 1.00. The summed E-state index contributed by atoms with van der Waals surface area (Å²) in [6.07, 6.45) is 4.01. The minimum atomic E-state index is -0.809. The molecule has 0 spiro atoms. The highest BCUT2D eigenvalue weighted by Crippen LogP contribution is 2.11. The van der Waals surface area contributed by atoms with E-state index in [4.69, 9.17) is 9.47 Å². The molecule has 1 rings (SSSR count). The molecule has 4 atom stereocenters. The van der Waals surface area contributed by atoms with E-state index in [1.165, 1.54) is 0 Å². The quantitative estimate of drug-likeness (QED) is 0.615. The molecule has 0 aromatic carbocycles. The SMILES string of the molecule is CCCC[S@@](=O)C[C@@H]1CO[C@@H](C[S@@](=O)CCCC)CO1. The van der Waals surface area contributed by atoms with Crippen molar-refractivity contribution in [2.24, 2.45) is 0 Å². The molecule has 1 aliphatic heterocycles. The van der Waals surface area contributed by atoms with Gasteiger partial charge in [-0.2, -0.15) is 0 Å². The number of hydrogen-bond acceptors (Lipinski definition) is 4. The standard InChI is InChI=1S/C14H28O4S2/c1-3-5-7-19(15)11-13-9-18-14(10-17-13)12-20(16)8-6-4-2/h13-14H,3-12H2,1-2H3/t13-,14+,19+,20-. The maximum Gasteiger partial charge on any atom is 0.0924 e. The molecule has 0 unspecified atom stereocenters. The molecule has 0 aliphatic carbocycles. The van der Waals surface area contributed by atoms with Gasteiger partial charge in [0.15, 0.2) is 0 Å². The third kappa shape index (κ3) is 7.86. The molecule has 0 aromatic rings. The summed E-state index contributed by atoms with van der Waals surface area (Å²) in [5.41, 5.74) is 0. The summed E-state index contributed by atoms with van der Waals surface area (Å²) in [6.45, 7) is 5.16. The van der Waals surface area contributed by atoms with Crippen LogP contribution in [0.1, 0.15) is 39.5 Å². The van der Waals surface area contributed by atoms with Crippen LogP contribution in [0.25, 0.3) is 0 Å². The topological polar surface area (TPSA) is 52.6 Å². The largest absolute Gasteiger partial charge is 0.372 e. The molecule has 0 bridgehead atoms. The van der Waals surface area contributed by atoms with E-state index in [1.54, 1.807) is 0 Å². The average Bonchev–Trinajstić information content (AvgIpc) is 2.45. The number of hydrogen-bond donors (Lipinski definition) is 0. The van der Waals surface area contributed by atoms with E-state index < -0.39 is 21.6 Å². The lowest BCUT2D eigenvalue weighted by atomic mass is 10.3. The molecule has 120 valence electrons. The van der Waals surface area contributed by atoms with Crippen LogP contribution in [0.5, 0.6) is 0 Å². The van der Waals surface area contributed by atoms with Crippen molar-refractivity contribution in [1.29, 1.82) is 0 Å². The molecular formula is C14H28O4S2. The highest BCUT2D eigenvalue weighted by molar-refractivity contribution is 7.85.